The second-order valence-electron chi connectivity index (χ2n) is 6.27. The maximum absolute atomic E-state index is 13.0. The third-order valence-corrected chi connectivity index (χ3v) is 5.36. The zero-order valence-electron chi connectivity index (χ0n) is 14.3. The fourth-order valence-electron chi connectivity index (χ4n) is 3.23. The number of benzene rings is 1. The molecule has 0 radical (unpaired) electrons. The molecule has 4 nitrogen and oxygen atoms in total. The number of hydrogen-bond acceptors (Lipinski definition) is 4. The standard InChI is InChI=1S/C19H23FN2O2S/c1-14(21-18(23)13-15-4-6-16(20)7-5-15)19(17-3-2-12-25-17)22-8-10-24-11-9-22/h2-7,12,14,19H,8-11,13H2,1H3,(H,21,23)/t14-,19-/m0/s1. The largest absolute Gasteiger partial charge is 0.379 e. The van der Waals surface area contributed by atoms with Crippen LogP contribution in [-0.2, 0) is 16.0 Å². The van der Waals surface area contributed by atoms with Crippen molar-refractivity contribution in [3.8, 4) is 0 Å². The molecule has 25 heavy (non-hydrogen) atoms. The zero-order chi connectivity index (χ0) is 17.6. The first-order chi connectivity index (χ1) is 12.1. The van der Waals surface area contributed by atoms with Gasteiger partial charge in [-0.15, -0.1) is 11.3 Å². The molecule has 0 bridgehead atoms. The summed E-state index contributed by atoms with van der Waals surface area (Å²) in [6.07, 6.45) is 0.255. The van der Waals surface area contributed by atoms with Gasteiger partial charge in [-0.25, -0.2) is 4.39 Å². The molecule has 2 heterocycles. The van der Waals surface area contributed by atoms with Gasteiger partial charge in [0.15, 0.2) is 0 Å². The third-order valence-electron chi connectivity index (χ3n) is 4.41. The Morgan fingerprint density at radius 3 is 2.64 bits per heavy atom. The molecule has 0 unspecified atom stereocenters. The molecule has 3 rings (SSSR count). The van der Waals surface area contributed by atoms with E-state index < -0.39 is 0 Å². The number of amides is 1. The normalized spacial score (nSPS) is 17.8. The molecule has 2 aromatic rings. The average molecular weight is 362 g/mol. The lowest BCUT2D eigenvalue weighted by Gasteiger charge is -2.37. The molecule has 1 aromatic heterocycles. The van der Waals surface area contributed by atoms with Crippen molar-refractivity contribution in [1.29, 1.82) is 0 Å². The molecular formula is C19H23FN2O2S. The van der Waals surface area contributed by atoms with Gasteiger partial charge in [-0.05, 0) is 36.1 Å². The van der Waals surface area contributed by atoms with Crippen LogP contribution in [0.25, 0.3) is 0 Å². The van der Waals surface area contributed by atoms with E-state index in [1.165, 1.54) is 17.0 Å². The van der Waals surface area contributed by atoms with E-state index in [4.69, 9.17) is 4.74 Å². The summed E-state index contributed by atoms with van der Waals surface area (Å²) in [7, 11) is 0. The minimum absolute atomic E-state index is 0.0234. The van der Waals surface area contributed by atoms with Gasteiger partial charge in [0.2, 0.25) is 5.91 Å². The van der Waals surface area contributed by atoms with Gasteiger partial charge in [0.1, 0.15) is 5.82 Å². The number of ether oxygens (including phenoxy) is 1. The highest BCUT2D eigenvalue weighted by molar-refractivity contribution is 7.10. The van der Waals surface area contributed by atoms with E-state index in [-0.39, 0.29) is 30.2 Å². The number of nitrogens with one attached hydrogen (secondary N) is 1. The minimum atomic E-state index is -0.289. The maximum atomic E-state index is 13.0. The Morgan fingerprint density at radius 1 is 1.28 bits per heavy atom. The number of nitrogens with zero attached hydrogens (tertiary/aromatic N) is 1. The average Bonchev–Trinajstić information content (AvgIpc) is 3.12. The van der Waals surface area contributed by atoms with Crippen LogP contribution in [0.2, 0.25) is 0 Å². The first kappa shape index (κ1) is 18.0. The lowest BCUT2D eigenvalue weighted by molar-refractivity contribution is -0.121. The number of carbonyl (C=O) groups is 1. The second kappa shape index (κ2) is 8.56. The van der Waals surface area contributed by atoms with Gasteiger partial charge in [-0.2, -0.15) is 0 Å². The van der Waals surface area contributed by atoms with Crippen LogP contribution in [0, 0.1) is 5.82 Å². The third kappa shape index (κ3) is 4.87. The van der Waals surface area contributed by atoms with Gasteiger partial charge < -0.3 is 10.1 Å². The molecule has 1 aromatic carbocycles. The summed E-state index contributed by atoms with van der Waals surface area (Å²) in [6.45, 7) is 5.21. The van der Waals surface area contributed by atoms with Crippen molar-refractivity contribution in [3.05, 3.63) is 58.0 Å². The van der Waals surface area contributed by atoms with Crippen molar-refractivity contribution in [2.24, 2.45) is 0 Å². The molecule has 1 fully saturated rings. The molecule has 134 valence electrons. The first-order valence-corrected chi connectivity index (χ1v) is 9.40. The number of carbonyl (C=O) groups excluding carboxylic acids is 1. The van der Waals surface area contributed by atoms with Gasteiger partial charge >= 0.3 is 0 Å². The number of morpholine rings is 1. The molecule has 1 saturated heterocycles. The van der Waals surface area contributed by atoms with Crippen molar-refractivity contribution in [3.63, 3.8) is 0 Å². The number of halogens is 1. The van der Waals surface area contributed by atoms with E-state index >= 15 is 0 Å². The molecule has 0 aliphatic carbocycles. The highest BCUT2D eigenvalue weighted by atomic mass is 32.1. The monoisotopic (exact) mass is 362 g/mol. The Balaban J connectivity index is 1.66. The highest BCUT2D eigenvalue weighted by Gasteiger charge is 2.29. The van der Waals surface area contributed by atoms with Crippen molar-refractivity contribution in [2.45, 2.75) is 25.4 Å². The summed E-state index contributed by atoms with van der Waals surface area (Å²) in [5, 5.41) is 5.19. The van der Waals surface area contributed by atoms with E-state index in [2.05, 4.69) is 21.7 Å². The second-order valence-corrected chi connectivity index (χ2v) is 7.25. The van der Waals surface area contributed by atoms with E-state index in [1.54, 1.807) is 23.5 Å². The minimum Gasteiger partial charge on any atom is -0.379 e. The van der Waals surface area contributed by atoms with Crippen LogP contribution in [0.3, 0.4) is 0 Å². The Labute approximate surface area is 151 Å². The molecule has 1 aliphatic rings. The van der Waals surface area contributed by atoms with Crippen molar-refractivity contribution in [1.82, 2.24) is 10.2 Å². The Bertz CT molecular complexity index is 669. The van der Waals surface area contributed by atoms with Crippen LogP contribution >= 0.6 is 11.3 Å². The summed E-state index contributed by atoms with van der Waals surface area (Å²) < 4.78 is 18.4. The van der Waals surface area contributed by atoms with Gasteiger partial charge in [-0.1, -0.05) is 18.2 Å². The molecule has 2 atom stereocenters. The number of hydrogen-bond donors (Lipinski definition) is 1. The van der Waals surface area contributed by atoms with Gasteiger partial charge in [0, 0.05) is 24.0 Å². The molecule has 0 spiro atoms. The van der Waals surface area contributed by atoms with E-state index in [0.717, 1.165) is 31.9 Å². The highest BCUT2D eigenvalue weighted by Crippen LogP contribution is 2.29. The van der Waals surface area contributed by atoms with Gasteiger partial charge in [0.05, 0.1) is 25.7 Å². The van der Waals surface area contributed by atoms with E-state index in [9.17, 15) is 9.18 Å². The fraction of sp³-hybridized carbons (Fsp3) is 0.421. The Kier molecular flexibility index (Phi) is 6.18. The van der Waals surface area contributed by atoms with Crippen molar-refractivity contribution in [2.75, 3.05) is 26.3 Å². The number of thiophene rings is 1. The predicted molar refractivity (Wildman–Crippen MR) is 97.2 cm³/mol. The zero-order valence-corrected chi connectivity index (χ0v) is 15.1. The van der Waals surface area contributed by atoms with E-state index in [1.807, 2.05) is 13.0 Å². The van der Waals surface area contributed by atoms with Crippen molar-refractivity contribution < 1.29 is 13.9 Å². The lowest BCUT2D eigenvalue weighted by Crippen LogP contribution is -2.48. The fourth-order valence-corrected chi connectivity index (χ4v) is 4.19. The molecule has 1 aliphatic heterocycles. The van der Waals surface area contributed by atoms with Gasteiger partial charge in [-0.3, -0.25) is 9.69 Å². The molecule has 0 saturated carbocycles. The molecule has 1 N–H and O–H groups in total. The summed E-state index contributed by atoms with van der Waals surface area (Å²) in [5.74, 6) is -0.337. The molecule has 1 amide bonds. The summed E-state index contributed by atoms with van der Waals surface area (Å²) in [5.41, 5.74) is 0.810. The smallest absolute Gasteiger partial charge is 0.224 e. The summed E-state index contributed by atoms with van der Waals surface area (Å²) >= 11 is 1.71. The van der Waals surface area contributed by atoms with Gasteiger partial charge in [0.25, 0.3) is 0 Å². The maximum Gasteiger partial charge on any atom is 0.224 e. The summed E-state index contributed by atoms with van der Waals surface area (Å²) in [6, 6.07) is 10.3. The van der Waals surface area contributed by atoms with Crippen LogP contribution in [0.5, 0.6) is 0 Å². The first-order valence-electron chi connectivity index (χ1n) is 8.52. The van der Waals surface area contributed by atoms with E-state index in [0.29, 0.717) is 0 Å². The SMILES string of the molecule is C[C@H](NC(=O)Cc1ccc(F)cc1)[C@@H](c1cccs1)N1CCOCC1. The summed E-state index contributed by atoms with van der Waals surface area (Å²) in [4.78, 5) is 16.0. The Morgan fingerprint density at radius 2 is 2.00 bits per heavy atom. The quantitative estimate of drug-likeness (QED) is 0.859. The Hall–Kier alpha value is -1.76. The van der Waals surface area contributed by atoms with Crippen LogP contribution in [0.1, 0.15) is 23.4 Å². The van der Waals surface area contributed by atoms with Crippen LogP contribution < -0.4 is 5.32 Å². The van der Waals surface area contributed by atoms with Crippen LogP contribution in [0.4, 0.5) is 4.39 Å². The number of rotatable bonds is 6. The molecular weight excluding hydrogens is 339 g/mol. The topological polar surface area (TPSA) is 41.6 Å². The molecule has 6 heteroatoms. The lowest BCUT2D eigenvalue weighted by atomic mass is 10.0. The predicted octanol–water partition coefficient (Wildman–Crippen LogP) is 3.01. The van der Waals surface area contributed by atoms with Crippen molar-refractivity contribution >= 4 is 17.2 Å². The van der Waals surface area contributed by atoms with Crippen LogP contribution in [0.15, 0.2) is 41.8 Å². The van der Waals surface area contributed by atoms with Crippen LogP contribution in [-0.4, -0.2) is 43.2 Å².